The Bertz CT molecular complexity index is 678. The molecule has 0 saturated carbocycles. The lowest BCUT2D eigenvalue weighted by atomic mass is 10.1. The van der Waals surface area contributed by atoms with E-state index in [1.54, 1.807) is 17.0 Å². The summed E-state index contributed by atoms with van der Waals surface area (Å²) in [6.45, 7) is 7.01. The van der Waals surface area contributed by atoms with E-state index in [1.807, 2.05) is 0 Å². The Balaban J connectivity index is 0.000000370. The van der Waals surface area contributed by atoms with E-state index in [4.69, 9.17) is 15.1 Å². The number of primary sulfonamides is 1. The van der Waals surface area contributed by atoms with Crippen LogP contribution in [-0.4, -0.2) is 40.1 Å². The Morgan fingerprint density at radius 2 is 2.00 bits per heavy atom. The summed E-state index contributed by atoms with van der Waals surface area (Å²) in [6.07, 6.45) is 5.51. The molecule has 1 aromatic rings. The SMILES string of the molecule is COc1ccc(NCCC(C)C)cc1S(N)(=O)=O.N#CN1CCCC1. The van der Waals surface area contributed by atoms with Crippen LogP contribution in [0.15, 0.2) is 23.1 Å². The van der Waals surface area contributed by atoms with Crippen LogP contribution in [0, 0.1) is 17.4 Å². The largest absolute Gasteiger partial charge is 0.495 e. The Kier molecular flexibility index (Phi) is 8.52. The topological polar surface area (TPSA) is 108 Å². The van der Waals surface area contributed by atoms with Gasteiger partial charge >= 0.3 is 0 Å². The molecule has 0 amide bonds. The lowest BCUT2D eigenvalue weighted by Crippen LogP contribution is -2.14. The minimum atomic E-state index is -3.77. The summed E-state index contributed by atoms with van der Waals surface area (Å²) in [7, 11) is -2.36. The monoisotopic (exact) mass is 368 g/mol. The number of hydrogen-bond acceptors (Lipinski definition) is 6. The highest BCUT2D eigenvalue weighted by atomic mass is 32.2. The number of sulfonamides is 1. The van der Waals surface area contributed by atoms with Gasteiger partial charge in [0.05, 0.1) is 7.11 Å². The predicted molar refractivity (Wildman–Crippen MR) is 98.7 cm³/mol. The molecule has 1 saturated heterocycles. The maximum absolute atomic E-state index is 11.4. The van der Waals surface area contributed by atoms with Gasteiger partial charge in [-0.15, -0.1) is 0 Å². The molecule has 1 aromatic carbocycles. The highest BCUT2D eigenvalue weighted by Gasteiger charge is 2.15. The Labute approximate surface area is 150 Å². The first kappa shape index (κ1) is 21.1. The molecule has 0 aliphatic carbocycles. The molecule has 0 bridgehead atoms. The summed E-state index contributed by atoms with van der Waals surface area (Å²) in [5, 5.41) is 16.5. The van der Waals surface area contributed by atoms with Crippen LogP contribution in [0.25, 0.3) is 0 Å². The van der Waals surface area contributed by atoms with Crippen molar-refractivity contribution in [3.63, 3.8) is 0 Å². The van der Waals surface area contributed by atoms with Crippen molar-refractivity contribution in [2.45, 2.75) is 38.0 Å². The maximum atomic E-state index is 11.4. The lowest BCUT2D eigenvalue weighted by Gasteiger charge is -2.11. The number of ether oxygens (including phenoxy) is 1. The van der Waals surface area contributed by atoms with Gasteiger partial charge < -0.3 is 15.0 Å². The van der Waals surface area contributed by atoms with Gasteiger partial charge in [0.15, 0.2) is 6.19 Å². The van der Waals surface area contributed by atoms with E-state index >= 15 is 0 Å². The minimum absolute atomic E-state index is 0.000420. The van der Waals surface area contributed by atoms with Crippen molar-refractivity contribution < 1.29 is 13.2 Å². The molecule has 0 spiro atoms. The number of methoxy groups -OCH3 is 1. The normalized spacial score (nSPS) is 13.8. The van der Waals surface area contributed by atoms with Crippen LogP contribution in [0.3, 0.4) is 0 Å². The quantitative estimate of drug-likeness (QED) is 0.746. The van der Waals surface area contributed by atoms with Crippen LogP contribution in [0.4, 0.5) is 5.69 Å². The fourth-order valence-electron chi connectivity index (χ4n) is 2.33. The first-order valence-electron chi connectivity index (χ1n) is 8.37. The smallest absolute Gasteiger partial charge is 0.241 e. The second-order valence-corrected chi connectivity index (χ2v) is 7.84. The van der Waals surface area contributed by atoms with Gasteiger partial charge in [-0.2, -0.15) is 5.26 Å². The Hall–Kier alpha value is -1.98. The van der Waals surface area contributed by atoms with E-state index in [0.29, 0.717) is 5.92 Å². The zero-order chi connectivity index (χ0) is 18.9. The molecule has 2 rings (SSSR count). The van der Waals surface area contributed by atoms with Gasteiger partial charge in [-0.1, -0.05) is 13.8 Å². The van der Waals surface area contributed by atoms with Gasteiger partial charge in [-0.05, 0) is 43.4 Å². The molecule has 0 radical (unpaired) electrons. The molecular formula is C17H28N4O3S. The molecule has 0 atom stereocenters. The van der Waals surface area contributed by atoms with Crippen LogP contribution in [0.2, 0.25) is 0 Å². The van der Waals surface area contributed by atoms with Gasteiger partial charge in [0.2, 0.25) is 10.0 Å². The summed E-state index contributed by atoms with van der Waals surface area (Å²) in [6, 6.07) is 4.86. The number of benzene rings is 1. The van der Waals surface area contributed by atoms with Crippen molar-refractivity contribution >= 4 is 15.7 Å². The predicted octanol–water partition coefficient (Wildman–Crippen LogP) is 2.36. The molecule has 7 nitrogen and oxygen atoms in total. The van der Waals surface area contributed by atoms with Crippen LogP contribution in [0.1, 0.15) is 33.1 Å². The summed E-state index contributed by atoms with van der Waals surface area (Å²) in [4.78, 5) is 1.79. The molecule has 3 N–H and O–H groups in total. The minimum Gasteiger partial charge on any atom is -0.495 e. The summed E-state index contributed by atoms with van der Waals surface area (Å²) in [5.74, 6) is 0.848. The molecule has 25 heavy (non-hydrogen) atoms. The molecule has 1 fully saturated rings. The van der Waals surface area contributed by atoms with Gasteiger partial charge in [0.25, 0.3) is 0 Å². The average molecular weight is 369 g/mol. The van der Waals surface area contributed by atoms with Gasteiger partial charge in [0, 0.05) is 25.3 Å². The zero-order valence-electron chi connectivity index (χ0n) is 15.2. The average Bonchev–Trinajstić information content (AvgIpc) is 3.08. The number of hydrogen-bond donors (Lipinski definition) is 2. The first-order chi connectivity index (χ1) is 11.8. The van der Waals surface area contributed by atoms with Crippen LogP contribution < -0.4 is 15.2 Å². The van der Waals surface area contributed by atoms with E-state index in [1.165, 1.54) is 26.0 Å². The van der Waals surface area contributed by atoms with Crippen molar-refractivity contribution in [1.82, 2.24) is 4.90 Å². The van der Waals surface area contributed by atoms with Crippen molar-refractivity contribution in [3.8, 4) is 11.9 Å². The molecule has 1 heterocycles. The molecule has 8 heteroatoms. The first-order valence-corrected chi connectivity index (χ1v) is 9.92. The van der Waals surface area contributed by atoms with E-state index in [2.05, 4.69) is 25.4 Å². The number of anilines is 1. The number of nitrogens with two attached hydrogens (primary N) is 1. The van der Waals surface area contributed by atoms with E-state index in [9.17, 15) is 8.42 Å². The third kappa shape index (κ3) is 7.63. The number of likely N-dealkylation sites (tertiary alicyclic amines) is 1. The Morgan fingerprint density at radius 1 is 1.36 bits per heavy atom. The molecular weight excluding hydrogens is 340 g/mol. The number of nitriles is 1. The second kappa shape index (κ2) is 10.1. The van der Waals surface area contributed by atoms with Crippen LogP contribution >= 0.6 is 0 Å². The standard InChI is InChI=1S/C12H20N2O3S.C5H8N2/c1-9(2)6-7-14-10-4-5-11(17-3)12(8-10)18(13,15)16;6-5-7-3-1-2-4-7/h4-5,8-9,14H,6-7H2,1-3H3,(H2,13,15,16);1-4H2. The van der Waals surface area contributed by atoms with Gasteiger partial charge in [-0.3, -0.25) is 0 Å². The van der Waals surface area contributed by atoms with Crippen molar-refractivity contribution in [3.05, 3.63) is 18.2 Å². The van der Waals surface area contributed by atoms with E-state index in [-0.39, 0.29) is 10.6 Å². The second-order valence-electron chi connectivity index (χ2n) is 6.31. The van der Waals surface area contributed by atoms with E-state index in [0.717, 1.165) is 31.7 Å². The molecule has 0 aromatic heterocycles. The number of nitrogens with one attached hydrogen (secondary N) is 1. The molecule has 1 aliphatic heterocycles. The third-order valence-corrected chi connectivity index (χ3v) is 4.70. The van der Waals surface area contributed by atoms with Gasteiger partial charge in [-0.25, -0.2) is 13.6 Å². The van der Waals surface area contributed by atoms with Crippen molar-refractivity contribution in [1.29, 1.82) is 5.26 Å². The molecule has 0 unspecified atom stereocenters. The number of rotatable bonds is 6. The maximum Gasteiger partial charge on any atom is 0.241 e. The summed E-state index contributed by atoms with van der Waals surface area (Å²) >= 11 is 0. The van der Waals surface area contributed by atoms with Crippen molar-refractivity contribution in [2.75, 3.05) is 32.1 Å². The summed E-state index contributed by atoms with van der Waals surface area (Å²) in [5.41, 5.74) is 0.723. The molecule has 1 aliphatic rings. The molecule has 140 valence electrons. The third-order valence-electron chi connectivity index (χ3n) is 3.77. The highest BCUT2D eigenvalue weighted by Crippen LogP contribution is 2.26. The van der Waals surface area contributed by atoms with Crippen LogP contribution in [0.5, 0.6) is 5.75 Å². The highest BCUT2D eigenvalue weighted by molar-refractivity contribution is 7.89. The summed E-state index contributed by atoms with van der Waals surface area (Å²) < 4.78 is 27.8. The lowest BCUT2D eigenvalue weighted by molar-refractivity contribution is 0.403. The fraction of sp³-hybridized carbons (Fsp3) is 0.588. The van der Waals surface area contributed by atoms with Crippen molar-refractivity contribution in [2.24, 2.45) is 11.1 Å². The fourth-order valence-corrected chi connectivity index (χ4v) is 3.05. The Morgan fingerprint density at radius 3 is 2.44 bits per heavy atom. The van der Waals surface area contributed by atoms with E-state index < -0.39 is 10.0 Å². The number of nitrogens with zero attached hydrogens (tertiary/aromatic N) is 2. The van der Waals surface area contributed by atoms with Gasteiger partial charge in [0.1, 0.15) is 10.6 Å². The zero-order valence-corrected chi connectivity index (χ0v) is 16.0. The van der Waals surface area contributed by atoms with Crippen LogP contribution in [-0.2, 0) is 10.0 Å².